The summed E-state index contributed by atoms with van der Waals surface area (Å²) < 4.78 is 5.36. The zero-order chi connectivity index (χ0) is 18.0. The van der Waals surface area contributed by atoms with E-state index >= 15 is 0 Å². The molecule has 2 saturated carbocycles. The topological polar surface area (TPSA) is 72.5 Å². The van der Waals surface area contributed by atoms with Gasteiger partial charge in [0.2, 0.25) is 0 Å². The summed E-state index contributed by atoms with van der Waals surface area (Å²) >= 11 is 5.89. The molecule has 0 heterocycles. The quantitative estimate of drug-likeness (QED) is 0.829. The number of hydrogen-bond acceptors (Lipinski definition) is 4. The number of fused-ring (bicyclic) bond motifs is 2. The first kappa shape index (κ1) is 17.9. The largest absolute Gasteiger partial charge is 0.452 e. The molecule has 0 saturated heterocycles. The number of esters is 1. The molecule has 2 aliphatic rings. The Kier molecular flexibility index (Phi) is 5.42. The van der Waals surface area contributed by atoms with Gasteiger partial charge in [-0.05, 0) is 50.8 Å². The average molecular weight is 364 g/mol. The van der Waals surface area contributed by atoms with Gasteiger partial charge in [0.15, 0.2) is 6.10 Å². The van der Waals surface area contributed by atoms with Crippen LogP contribution in [0.25, 0.3) is 0 Å². The predicted octanol–water partition coefficient (Wildman–Crippen LogP) is 3.61. The van der Waals surface area contributed by atoms with Gasteiger partial charge in [0.1, 0.15) is 5.78 Å². The fraction of sp³-hybridized carbons (Fsp3) is 0.526. The molecule has 0 radical (unpaired) electrons. The normalized spacial score (nSPS) is 26.6. The van der Waals surface area contributed by atoms with Crippen LogP contribution in [0, 0.1) is 17.8 Å². The molecule has 5 nitrogen and oxygen atoms in total. The van der Waals surface area contributed by atoms with E-state index in [1.807, 2.05) is 0 Å². The molecule has 134 valence electrons. The number of hydrogen-bond donors (Lipinski definition) is 1. The Balaban J connectivity index is 1.55. The maximum atomic E-state index is 12.4. The molecule has 4 atom stereocenters. The summed E-state index contributed by atoms with van der Waals surface area (Å²) in [7, 11) is 0. The van der Waals surface area contributed by atoms with Crippen molar-refractivity contribution in [3.05, 3.63) is 29.3 Å². The highest BCUT2D eigenvalue weighted by atomic mass is 35.5. The molecule has 1 aromatic carbocycles. The van der Waals surface area contributed by atoms with Crippen molar-refractivity contribution >= 4 is 34.9 Å². The van der Waals surface area contributed by atoms with Crippen molar-refractivity contribution in [2.24, 2.45) is 17.8 Å². The van der Waals surface area contributed by atoms with Gasteiger partial charge in [0.05, 0.1) is 5.92 Å². The first-order valence-electron chi connectivity index (χ1n) is 8.74. The number of benzene rings is 1. The van der Waals surface area contributed by atoms with Crippen LogP contribution in [0.4, 0.5) is 5.69 Å². The molecule has 2 bridgehead atoms. The van der Waals surface area contributed by atoms with E-state index in [4.69, 9.17) is 16.3 Å². The molecule has 1 aromatic rings. The van der Waals surface area contributed by atoms with Gasteiger partial charge in [-0.25, -0.2) is 0 Å². The molecule has 0 spiro atoms. The Morgan fingerprint density at radius 2 is 1.92 bits per heavy atom. The molecule has 2 aliphatic carbocycles. The summed E-state index contributed by atoms with van der Waals surface area (Å²) in [5, 5.41) is 3.20. The highest BCUT2D eigenvalue weighted by Crippen LogP contribution is 2.40. The fourth-order valence-corrected chi connectivity index (χ4v) is 4.00. The molecule has 0 aromatic heterocycles. The number of rotatable bonds is 4. The summed E-state index contributed by atoms with van der Waals surface area (Å²) in [6.07, 6.45) is 2.99. The second-order valence-electron chi connectivity index (χ2n) is 6.97. The zero-order valence-corrected chi connectivity index (χ0v) is 14.9. The molecular weight excluding hydrogens is 342 g/mol. The van der Waals surface area contributed by atoms with Crippen molar-refractivity contribution in [2.45, 2.75) is 45.1 Å². The Labute approximate surface area is 152 Å². The minimum Gasteiger partial charge on any atom is -0.452 e. The molecular formula is C19H22ClNO4. The Morgan fingerprint density at radius 3 is 2.56 bits per heavy atom. The minimum atomic E-state index is -0.899. The third kappa shape index (κ3) is 4.21. The maximum absolute atomic E-state index is 12.4. The molecule has 1 unspecified atom stereocenters. The number of halogens is 1. The van der Waals surface area contributed by atoms with Crippen molar-refractivity contribution in [1.29, 1.82) is 0 Å². The van der Waals surface area contributed by atoms with Crippen molar-refractivity contribution in [2.75, 3.05) is 5.32 Å². The number of carbonyl (C=O) groups is 3. The van der Waals surface area contributed by atoms with Crippen LogP contribution < -0.4 is 5.32 Å². The van der Waals surface area contributed by atoms with Crippen LogP contribution in [0.3, 0.4) is 0 Å². The highest BCUT2D eigenvalue weighted by Gasteiger charge is 2.42. The number of ketones is 1. The number of Topliss-reactive ketones (excluding diaryl/α,β-unsaturated/α-hetero) is 1. The summed E-state index contributed by atoms with van der Waals surface area (Å²) in [6.45, 7) is 1.55. The fourth-order valence-electron chi connectivity index (χ4n) is 3.81. The summed E-state index contributed by atoms with van der Waals surface area (Å²) in [4.78, 5) is 36.7. The van der Waals surface area contributed by atoms with E-state index in [2.05, 4.69) is 5.32 Å². The Morgan fingerprint density at radius 1 is 1.24 bits per heavy atom. The van der Waals surface area contributed by atoms with E-state index < -0.39 is 12.0 Å². The van der Waals surface area contributed by atoms with Crippen LogP contribution in [0.1, 0.15) is 39.0 Å². The second-order valence-corrected chi connectivity index (χ2v) is 7.41. The van der Waals surface area contributed by atoms with Crippen molar-refractivity contribution in [3.63, 3.8) is 0 Å². The number of ether oxygens (including phenoxy) is 1. The Bertz CT molecular complexity index is 674. The van der Waals surface area contributed by atoms with Crippen LogP contribution in [-0.4, -0.2) is 23.8 Å². The third-order valence-corrected chi connectivity index (χ3v) is 5.37. The van der Waals surface area contributed by atoms with Crippen molar-refractivity contribution in [3.8, 4) is 0 Å². The van der Waals surface area contributed by atoms with Crippen LogP contribution in [-0.2, 0) is 19.1 Å². The van der Waals surface area contributed by atoms with E-state index in [-0.39, 0.29) is 23.7 Å². The number of nitrogens with one attached hydrogen (secondary N) is 1. The van der Waals surface area contributed by atoms with Gasteiger partial charge < -0.3 is 10.1 Å². The van der Waals surface area contributed by atoms with Crippen LogP contribution in [0.5, 0.6) is 0 Å². The van der Waals surface area contributed by atoms with Crippen LogP contribution in [0.15, 0.2) is 24.3 Å². The average Bonchev–Trinajstić information content (AvgIpc) is 2.54. The smallest absolute Gasteiger partial charge is 0.309 e. The van der Waals surface area contributed by atoms with Crippen LogP contribution >= 0.6 is 11.6 Å². The molecule has 0 aliphatic heterocycles. The lowest BCUT2D eigenvalue weighted by molar-refractivity contribution is -0.161. The summed E-state index contributed by atoms with van der Waals surface area (Å²) in [6, 6.07) is 6.78. The second kappa shape index (κ2) is 7.56. The third-order valence-electron chi connectivity index (χ3n) is 5.14. The SMILES string of the molecule is C[C@@H](OC(=O)C1C[C@H]2CCC[C@@H](C1)C2=O)C(=O)Nc1cccc(Cl)c1. The first-order valence-corrected chi connectivity index (χ1v) is 9.12. The van der Waals surface area contributed by atoms with E-state index in [1.165, 1.54) is 0 Å². The van der Waals surface area contributed by atoms with Crippen LogP contribution in [0.2, 0.25) is 5.02 Å². The lowest BCUT2D eigenvalue weighted by atomic mass is 9.67. The van der Waals surface area contributed by atoms with Gasteiger partial charge >= 0.3 is 5.97 Å². The van der Waals surface area contributed by atoms with Crippen molar-refractivity contribution in [1.82, 2.24) is 0 Å². The molecule has 6 heteroatoms. The summed E-state index contributed by atoms with van der Waals surface area (Å²) in [5.41, 5.74) is 0.554. The number of carbonyl (C=O) groups excluding carboxylic acids is 3. The standard InChI is InChI=1S/C19H22ClNO4/c1-11(18(23)21-16-7-3-6-15(20)10-16)25-19(24)14-8-12-4-2-5-13(9-14)17(12)22/h3,6-7,10-14H,2,4-5,8-9H2,1H3,(H,21,23)/t11-,12-,13+,14?/m1/s1. The van der Waals surface area contributed by atoms with E-state index in [0.29, 0.717) is 29.3 Å². The van der Waals surface area contributed by atoms with Gasteiger partial charge in [0.25, 0.3) is 5.91 Å². The zero-order valence-electron chi connectivity index (χ0n) is 14.2. The molecule has 1 amide bonds. The van der Waals surface area contributed by atoms with E-state index in [1.54, 1.807) is 31.2 Å². The minimum absolute atomic E-state index is 0.0133. The van der Waals surface area contributed by atoms with E-state index in [9.17, 15) is 14.4 Å². The lowest BCUT2D eigenvalue weighted by Crippen LogP contribution is -2.41. The van der Waals surface area contributed by atoms with Gasteiger partial charge in [-0.3, -0.25) is 14.4 Å². The van der Waals surface area contributed by atoms with Gasteiger partial charge in [-0.15, -0.1) is 0 Å². The highest BCUT2D eigenvalue weighted by molar-refractivity contribution is 6.30. The first-order chi connectivity index (χ1) is 11.9. The monoisotopic (exact) mass is 363 g/mol. The molecule has 2 fully saturated rings. The molecule has 25 heavy (non-hydrogen) atoms. The van der Waals surface area contributed by atoms with Crippen molar-refractivity contribution < 1.29 is 19.1 Å². The molecule has 3 rings (SSSR count). The lowest BCUT2D eigenvalue weighted by Gasteiger charge is -2.36. The Hall–Kier alpha value is -1.88. The van der Waals surface area contributed by atoms with Gasteiger partial charge in [-0.1, -0.05) is 24.1 Å². The maximum Gasteiger partial charge on any atom is 0.309 e. The number of amides is 1. The number of anilines is 1. The van der Waals surface area contributed by atoms with Gasteiger partial charge in [-0.2, -0.15) is 0 Å². The van der Waals surface area contributed by atoms with E-state index in [0.717, 1.165) is 19.3 Å². The van der Waals surface area contributed by atoms with Gasteiger partial charge in [0, 0.05) is 22.5 Å². The molecule has 1 N–H and O–H groups in total. The predicted molar refractivity (Wildman–Crippen MR) is 94.2 cm³/mol. The summed E-state index contributed by atoms with van der Waals surface area (Å²) in [5.74, 6) is -0.779.